The Balaban J connectivity index is 2.69. The zero-order valence-corrected chi connectivity index (χ0v) is 12.2. The SMILES string of the molecule is COC(=O)C(C)(CSc1n[nH]c(C)n1)NC(C)C. The molecule has 1 aromatic heterocycles. The van der Waals surface area contributed by atoms with Gasteiger partial charge in [0.05, 0.1) is 7.11 Å². The molecule has 0 saturated heterocycles. The number of thioether (sulfide) groups is 1. The summed E-state index contributed by atoms with van der Waals surface area (Å²) in [6.45, 7) is 7.64. The lowest BCUT2D eigenvalue weighted by atomic mass is 10.0. The molecule has 6 nitrogen and oxygen atoms in total. The van der Waals surface area contributed by atoms with Crippen LogP contribution in [0.5, 0.6) is 0 Å². The van der Waals surface area contributed by atoms with E-state index in [-0.39, 0.29) is 12.0 Å². The first-order chi connectivity index (χ1) is 8.37. The molecule has 0 spiro atoms. The van der Waals surface area contributed by atoms with Gasteiger partial charge in [-0.2, -0.15) is 0 Å². The van der Waals surface area contributed by atoms with Crippen LogP contribution >= 0.6 is 11.8 Å². The molecule has 2 N–H and O–H groups in total. The molecule has 1 rings (SSSR count). The molecule has 1 aromatic rings. The van der Waals surface area contributed by atoms with Crippen molar-refractivity contribution in [2.45, 2.75) is 44.4 Å². The molecule has 0 amide bonds. The number of H-pyrrole nitrogens is 1. The van der Waals surface area contributed by atoms with E-state index in [0.717, 1.165) is 5.82 Å². The van der Waals surface area contributed by atoms with Gasteiger partial charge in [-0.1, -0.05) is 11.8 Å². The third-order valence-corrected chi connectivity index (χ3v) is 3.47. The minimum absolute atomic E-state index is 0.184. The first-order valence-electron chi connectivity index (χ1n) is 5.75. The van der Waals surface area contributed by atoms with Crippen molar-refractivity contribution in [3.8, 4) is 0 Å². The second kappa shape index (κ2) is 6.19. The van der Waals surface area contributed by atoms with Gasteiger partial charge in [-0.15, -0.1) is 5.10 Å². The van der Waals surface area contributed by atoms with Crippen LogP contribution in [0.15, 0.2) is 5.16 Å². The lowest BCUT2D eigenvalue weighted by molar-refractivity contribution is -0.147. The minimum Gasteiger partial charge on any atom is -0.468 e. The number of rotatable bonds is 6. The molecule has 0 fully saturated rings. The average molecular weight is 272 g/mol. The summed E-state index contributed by atoms with van der Waals surface area (Å²) in [7, 11) is 1.39. The molecule has 0 aliphatic carbocycles. The van der Waals surface area contributed by atoms with Crippen molar-refractivity contribution >= 4 is 17.7 Å². The fraction of sp³-hybridized carbons (Fsp3) is 0.727. The van der Waals surface area contributed by atoms with Crippen molar-refractivity contribution in [2.75, 3.05) is 12.9 Å². The summed E-state index contributed by atoms with van der Waals surface area (Å²) in [6, 6.07) is 0.184. The van der Waals surface area contributed by atoms with E-state index in [4.69, 9.17) is 4.74 Å². The van der Waals surface area contributed by atoms with E-state index in [2.05, 4.69) is 20.5 Å². The number of carbonyl (C=O) groups excluding carboxylic acids is 1. The maximum Gasteiger partial charge on any atom is 0.326 e. The number of methoxy groups -OCH3 is 1. The zero-order valence-electron chi connectivity index (χ0n) is 11.4. The third kappa shape index (κ3) is 3.99. The Morgan fingerprint density at radius 1 is 1.61 bits per heavy atom. The van der Waals surface area contributed by atoms with Gasteiger partial charge in [0.2, 0.25) is 5.16 Å². The zero-order chi connectivity index (χ0) is 13.8. The summed E-state index contributed by atoms with van der Waals surface area (Å²) < 4.78 is 4.85. The fourth-order valence-corrected chi connectivity index (χ4v) is 2.55. The highest BCUT2D eigenvalue weighted by Gasteiger charge is 2.35. The van der Waals surface area contributed by atoms with E-state index in [9.17, 15) is 4.79 Å². The van der Waals surface area contributed by atoms with Gasteiger partial charge in [0.1, 0.15) is 11.4 Å². The Morgan fingerprint density at radius 2 is 2.28 bits per heavy atom. The standard InChI is InChI=1S/C11H20N4O2S/c1-7(2)13-11(4,9(16)17-5)6-18-10-12-8(3)14-15-10/h7,13H,6H2,1-5H3,(H,12,14,15). The Morgan fingerprint density at radius 3 is 2.72 bits per heavy atom. The summed E-state index contributed by atoms with van der Waals surface area (Å²) in [5.74, 6) is 0.986. The van der Waals surface area contributed by atoms with E-state index in [1.165, 1.54) is 18.9 Å². The molecule has 7 heteroatoms. The molecule has 1 atom stereocenters. The second-order valence-corrected chi connectivity index (χ2v) is 5.56. The Hall–Kier alpha value is -1.08. The smallest absolute Gasteiger partial charge is 0.326 e. The number of hydrogen-bond acceptors (Lipinski definition) is 6. The molecule has 0 aliphatic rings. The van der Waals surface area contributed by atoms with Gasteiger partial charge in [-0.05, 0) is 27.7 Å². The molecule has 0 saturated carbocycles. The highest BCUT2D eigenvalue weighted by Crippen LogP contribution is 2.21. The first-order valence-corrected chi connectivity index (χ1v) is 6.74. The average Bonchev–Trinajstić information content (AvgIpc) is 2.70. The number of aromatic nitrogens is 3. The van der Waals surface area contributed by atoms with Gasteiger partial charge in [0, 0.05) is 11.8 Å². The molecule has 1 unspecified atom stereocenters. The summed E-state index contributed by atoms with van der Waals surface area (Å²) in [5, 5.41) is 10.7. The summed E-state index contributed by atoms with van der Waals surface area (Å²) >= 11 is 1.42. The van der Waals surface area contributed by atoms with Gasteiger partial charge >= 0.3 is 5.97 Å². The van der Waals surface area contributed by atoms with Crippen LogP contribution in [0, 0.1) is 6.92 Å². The highest BCUT2D eigenvalue weighted by atomic mass is 32.2. The number of nitrogens with zero attached hydrogens (tertiary/aromatic N) is 2. The van der Waals surface area contributed by atoms with Crippen molar-refractivity contribution in [2.24, 2.45) is 0 Å². The highest BCUT2D eigenvalue weighted by molar-refractivity contribution is 7.99. The maximum atomic E-state index is 11.8. The number of aryl methyl sites for hydroxylation is 1. The molecule has 0 bridgehead atoms. The first kappa shape index (κ1) is 15.0. The monoisotopic (exact) mass is 272 g/mol. The van der Waals surface area contributed by atoms with Crippen molar-refractivity contribution in [3.63, 3.8) is 0 Å². The number of hydrogen-bond donors (Lipinski definition) is 2. The van der Waals surface area contributed by atoms with Crippen LogP contribution in [0.2, 0.25) is 0 Å². The van der Waals surface area contributed by atoms with Gasteiger partial charge in [-0.25, -0.2) is 4.98 Å². The van der Waals surface area contributed by atoms with Crippen molar-refractivity contribution < 1.29 is 9.53 Å². The van der Waals surface area contributed by atoms with Gasteiger partial charge in [0.15, 0.2) is 0 Å². The van der Waals surface area contributed by atoms with Crippen LogP contribution in [-0.2, 0) is 9.53 Å². The minimum atomic E-state index is -0.748. The number of ether oxygens (including phenoxy) is 1. The molecule has 0 aromatic carbocycles. The van der Waals surface area contributed by atoms with Crippen LogP contribution in [0.1, 0.15) is 26.6 Å². The summed E-state index contributed by atoms with van der Waals surface area (Å²) in [4.78, 5) is 16.0. The summed E-state index contributed by atoms with van der Waals surface area (Å²) in [6.07, 6.45) is 0. The van der Waals surface area contributed by atoms with Crippen LogP contribution in [0.3, 0.4) is 0 Å². The largest absolute Gasteiger partial charge is 0.468 e. The molecule has 0 radical (unpaired) electrons. The van der Waals surface area contributed by atoms with Crippen LogP contribution in [0.25, 0.3) is 0 Å². The molecule has 1 heterocycles. The molecular weight excluding hydrogens is 252 g/mol. The molecular formula is C11H20N4O2S. The van der Waals surface area contributed by atoms with Crippen LogP contribution < -0.4 is 5.32 Å². The molecule has 0 aliphatic heterocycles. The van der Waals surface area contributed by atoms with Crippen molar-refractivity contribution in [3.05, 3.63) is 5.82 Å². The van der Waals surface area contributed by atoms with Crippen LogP contribution in [0.4, 0.5) is 0 Å². The maximum absolute atomic E-state index is 11.8. The third-order valence-electron chi connectivity index (χ3n) is 2.31. The number of aromatic amines is 1. The van der Waals surface area contributed by atoms with Crippen molar-refractivity contribution in [1.82, 2.24) is 20.5 Å². The predicted molar refractivity (Wildman–Crippen MR) is 70.5 cm³/mol. The Kier molecular flexibility index (Phi) is 5.15. The quantitative estimate of drug-likeness (QED) is 0.597. The second-order valence-electron chi connectivity index (χ2n) is 4.61. The lowest BCUT2D eigenvalue weighted by Crippen LogP contribution is -2.54. The van der Waals surface area contributed by atoms with Crippen LogP contribution in [-0.4, -0.2) is 45.6 Å². The topological polar surface area (TPSA) is 79.9 Å². The molecule has 102 valence electrons. The van der Waals surface area contributed by atoms with E-state index >= 15 is 0 Å². The number of esters is 1. The number of carbonyl (C=O) groups is 1. The van der Waals surface area contributed by atoms with E-state index in [1.807, 2.05) is 27.7 Å². The predicted octanol–water partition coefficient (Wildman–Crippen LogP) is 1.13. The van der Waals surface area contributed by atoms with E-state index < -0.39 is 5.54 Å². The van der Waals surface area contributed by atoms with E-state index in [1.54, 1.807) is 0 Å². The van der Waals surface area contributed by atoms with Gasteiger partial charge in [0.25, 0.3) is 0 Å². The fourth-order valence-electron chi connectivity index (χ4n) is 1.62. The van der Waals surface area contributed by atoms with Crippen molar-refractivity contribution in [1.29, 1.82) is 0 Å². The Labute approximate surface area is 111 Å². The number of nitrogens with one attached hydrogen (secondary N) is 2. The van der Waals surface area contributed by atoms with Gasteiger partial charge in [-0.3, -0.25) is 15.2 Å². The lowest BCUT2D eigenvalue weighted by Gasteiger charge is -2.29. The normalized spacial score (nSPS) is 14.6. The van der Waals surface area contributed by atoms with E-state index in [0.29, 0.717) is 10.9 Å². The van der Waals surface area contributed by atoms with Gasteiger partial charge < -0.3 is 4.74 Å². The Bertz CT molecular complexity index is 408. The summed E-state index contributed by atoms with van der Waals surface area (Å²) in [5.41, 5.74) is -0.748. The molecule has 18 heavy (non-hydrogen) atoms.